The van der Waals surface area contributed by atoms with Crippen molar-refractivity contribution in [3.8, 4) is 0 Å². The van der Waals surface area contributed by atoms with Gasteiger partial charge < -0.3 is 4.79 Å². The van der Waals surface area contributed by atoms with E-state index in [-0.39, 0.29) is 11.8 Å². The second kappa shape index (κ2) is 8.53. The van der Waals surface area contributed by atoms with Gasteiger partial charge in [0.1, 0.15) is 6.29 Å². The molecular weight excluding hydrogens is 440 g/mol. The summed E-state index contributed by atoms with van der Waals surface area (Å²) in [7, 11) is 0. The standard InChI is InChI=1S/C33H26N2O/c36-20-23-14-16-30(33-31(23)19-34-35-33)32(22-8-2-1-3-9-22)29-12-6-11-25-27-15-13-21-7-4-5-10-24(21)26(27)17-18-28(25)29/h1-5,7-10,13-20,23,29,32H,6,11-12H2. The maximum atomic E-state index is 11.7. The van der Waals surface area contributed by atoms with E-state index in [0.29, 0.717) is 5.92 Å². The first-order valence-electron chi connectivity index (χ1n) is 12.8. The first kappa shape index (κ1) is 21.2. The highest BCUT2D eigenvalue weighted by molar-refractivity contribution is 6.08. The third-order valence-electron chi connectivity index (χ3n) is 8.20. The Kier molecular flexibility index (Phi) is 5.02. The second-order valence-corrected chi connectivity index (χ2v) is 10.0. The average molecular weight is 467 g/mol. The van der Waals surface area contributed by atoms with E-state index in [0.717, 1.165) is 36.8 Å². The molecule has 3 unspecified atom stereocenters. The van der Waals surface area contributed by atoms with Crippen LogP contribution in [0.2, 0.25) is 0 Å². The fourth-order valence-corrected chi connectivity index (χ4v) is 6.58. The molecule has 174 valence electrons. The van der Waals surface area contributed by atoms with Gasteiger partial charge in [-0.05, 0) is 69.0 Å². The maximum absolute atomic E-state index is 11.7. The SMILES string of the molecule is O=CC1C=CC(C(c2ccccc2)C2CCCc3c2ccc2c3ccc3ccccc32)=C2N=NC=C21. The van der Waals surface area contributed by atoms with Crippen LogP contribution < -0.4 is 0 Å². The van der Waals surface area contributed by atoms with Gasteiger partial charge >= 0.3 is 0 Å². The molecule has 3 heteroatoms. The zero-order chi connectivity index (χ0) is 24.1. The van der Waals surface area contributed by atoms with Crippen LogP contribution in [0.25, 0.3) is 21.5 Å². The zero-order valence-corrected chi connectivity index (χ0v) is 20.0. The molecular formula is C33H26N2O. The number of carbonyl (C=O) groups excluding carboxylic acids is 1. The Bertz CT molecular complexity index is 1640. The molecule has 4 aromatic carbocycles. The molecule has 0 bridgehead atoms. The molecule has 7 rings (SSSR count). The Labute approximate surface area is 210 Å². The van der Waals surface area contributed by atoms with Gasteiger partial charge in [0, 0.05) is 11.5 Å². The number of rotatable bonds is 4. The lowest BCUT2D eigenvalue weighted by Crippen LogP contribution is -2.21. The van der Waals surface area contributed by atoms with Gasteiger partial charge in [-0.25, -0.2) is 0 Å². The van der Waals surface area contributed by atoms with E-state index in [9.17, 15) is 4.79 Å². The summed E-state index contributed by atoms with van der Waals surface area (Å²) in [5, 5.41) is 14.1. The van der Waals surface area contributed by atoms with Crippen LogP contribution in [0.1, 0.15) is 41.4 Å². The molecule has 1 aliphatic heterocycles. The summed E-state index contributed by atoms with van der Waals surface area (Å²) in [5.41, 5.74) is 7.18. The van der Waals surface area contributed by atoms with Crippen LogP contribution >= 0.6 is 0 Å². The smallest absolute Gasteiger partial charge is 0.131 e. The first-order valence-corrected chi connectivity index (χ1v) is 12.8. The summed E-state index contributed by atoms with van der Waals surface area (Å²) in [6.07, 6.45) is 10.3. The summed E-state index contributed by atoms with van der Waals surface area (Å²) in [5.74, 6) is 0.192. The predicted octanol–water partition coefficient (Wildman–Crippen LogP) is 8.19. The molecule has 0 N–H and O–H groups in total. The average Bonchev–Trinajstić information content (AvgIpc) is 3.44. The summed E-state index contributed by atoms with van der Waals surface area (Å²) < 4.78 is 0. The largest absolute Gasteiger partial charge is 0.302 e. The molecule has 4 aromatic rings. The number of azo groups is 1. The summed E-state index contributed by atoms with van der Waals surface area (Å²) in [6.45, 7) is 0. The van der Waals surface area contributed by atoms with Gasteiger partial charge in [-0.2, -0.15) is 10.2 Å². The maximum Gasteiger partial charge on any atom is 0.131 e. The highest BCUT2D eigenvalue weighted by Gasteiger charge is 2.36. The minimum Gasteiger partial charge on any atom is -0.302 e. The number of benzene rings is 4. The minimum absolute atomic E-state index is 0.141. The van der Waals surface area contributed by atoms with Crippen LogP contribution in [-0.4, -0.2) is 6.29 Å². The van der Waals surface area contributed by atoms with Crippen molar-refractivity contribution in [3.63, 3.8) is 0 Å². The molecule has 0 radical (unpaired) electrons. The Balaban J connectivity index is 1.43. The second-order valence-electron chi connectivity index (χ2n) is 10.0. The highest BCUT2D eigenvalue weighted by Crippen LogP contribution is 2.50. The number of aldehydes is 1. The van der Waals surface area contributed by atoms with Crippen molar-refractivity contribution < 1.29 is 4.79 Å². The number of nitrogens with zero attached hydrogens (tertiary/aromatic N) is 2. The molecule has 36 heavy (non-hydrogen) atoms. The normalized spacial score (nSPS) is 21.4. The van der Waals surface area contributed by atoms with E-state index in [1.54, 1.807) is 6.20 Å². The monoisotopic (exact) mass is 466 g/mol. The van der Waals surface area contributed by atoms with Gasteiger partial charge in [-0.1, -0.05) is 91.0 Å². The number of hydrogen-bond donors (Lipinski definition) is 0. The van der Waals surface area contributed by atoms with Crippen molar-refractivity contribution in [3.05, 3.63) is 131 Å². The van der Waals surface area contributed by atoms with Gasteiger partial charge in [0.15, 0.2) is 0 Å². The van der Waals surface area contributed by atoms with E-state index < -0.39 is 0 Å². The Hall–Kier alpha value is -4.11. The predicted molar refractivity (Wildman–Crippen MR) is 145 cm³/mol. The molecule has 0 aromatic heterocycles. The lowest BCUT2D eigenvalue weighted by Gasteiger charge is -2.36. The van der Waals surface area contributed by atoms with Crippen molar-refractivity contribution in [2.24, 2.45) is 16.1 Å². The molecule has 1 heterocycles. The molecule has 2 aliphatic carbocycles. The molecule has 0 amide bonds. The lowest BCUT2D eigenvalue weighted by molar-refractivity contribution is -0.109. The molecule has 0 spiro atoms. The number of allylic oxidation sites excluding steroid dienone is 4. The molecule has 3 atom stereocenters. The first-order chi connectivity index (χ1) is 17.8. The van der Waals surface area contributed by atoms with Crippen LogP contribution in [0.3, 0.4) is 0 Å². The van der Waals surface area contributed by atoms with Crippen molar-refractivity contribution in [2.75, 3.05) is 0 Å². The fraction of sp³-hybridized carbons (Fsp3) is 0.182. The summed E-state index contributed by atoms with van der Waals surface area (Å²) in [6, 6.07) is 28.7. The summed E-state index contributed by atoms with van der Waals surface area (Å²) in [4.78, 5) is 11.7. The quantitative estimate of drug-likeness (QED) is 0.221. The fourth-order valence-electron chi connectivity index (χ4n) is 6.58. The third kappa shape index (κ3) is 3.23. The number of aryl methyl sites for hydroxylation is 1. The van der Waals surface area contributed by atoms with E-state index in [1.807, 2.05) is 6.08 Å². The Morgan fingerprint density at radius 3 is 2.58 bits per heavy atom. The Morgan fingerprint density at radius 1 is 0.861 bits per heavy atom. The molecule has 0 saturated heterocycles. The van der Waals surface area contributed by atoms with E-state index >= 15 is 0 Å². The minimum atomic E-state index is -0.272. The van der Waals surface area contributed by atoms with Crippen LogP contribution in [-0.2, 0) is 11.2 Å². The third-order valence-corrected chi connectivity index (χ3v) is 8.20. The lowest BCUT2D eigenvalue weighted by atomic mass is 9.68. The van der Waals surface area contributed by atoms with Gasteiger partial charge in [-0.15, -0.1) is 0 Å². The van der Waals surface area contributed by atoms with Crippen LogP contribution in [0.4, 0.5) is 0 Å². The van der Waals surface area contributed by atoms with E-state index in [2.05, 4.69) is 95.2 Å². The highest BCUT2D eigenvalue weighted by atomic mass is 16.1. The van der Waals surface area contributed by atoms with E-state index in [4.69, 9.17) is 0 Å². The number of fused-ring (bicyclic) bond motifs is 6. The van der Waals surface area contributed by atoms with Crippen LogP contribution in [0.15, 0.2) is 124 Å². The zero-order valence-electron chi connectivity index (χ0n) is 20.0. The van der Waals surface area contributed by atoms with Gasteiger partial charge in [-0.3, -0.25) is 0 Å². The molecule has 0 fully saturated rings. The van der Waals surface area contributed by atoms with Gasteiger partial charge in [0.25, 0.3) is 0 Å². The van der Waals surface area contributed by atoms with Gasteiger partial charge in [0.05, 0.1) is 17.8 Å². The van der Waals surface area contributed by atoms with Gasteiger partial charge in [0.2, 0.25) is 0 Å². The van der Waals surface area contributed by atoms with E-state index in [1.165, 1.54) is 43.8 Å². The van der Waals surface area contributed by atoms with Crippen LogP contribution in [0, 0.1) is 5.92 Å². The van der Waals surface area contributed by atoms with Crippen molar-refractivity contribution >= 4 is 27.8 Å². The molecule has 0 saturated carbocycles. The van der Waals surface area contributed by atoms with Crippen molar-refractivity contribution in [2.45, 2.75) is 31.1 Å². The van der Waals surface area contributed by atoms with Crippen molar-refractivity contribution in [1.29, 1.82) is 0 Å². The van der Waals surface area contributed by atoms with Crippen LogP contribution in [0.5, 0.6) is 0 Å². The molecule has 3 aliphatic rings. The Morgan fingerprint density at radius 2 is 1.69 bits per heavy atom. The number of hydrogen-bond acceptors (Lipinski definition) is 3. The topological polar surface area (TPSA) is 41.8 Å². The number of carbonyl (C=O) groups is 1. The summed E-state index contributed by atoms with van der Waals surface area (Å²) >= 11 is 0. The van der Waals surface area contributed by atoms with Crippen molar-refractivity contribution in [1.82, 2.24) is 0 Å². The molecule has 3 nitrogen and oxygen atoms in total.